The second-order valence-corrected chi connectivity index (χ2v) is 5.11. The van der Waals surface area contributed by atoms with Crippen LogP contribution in [0.25, 0.3) is 21.7 Å². The molecular weight excluding hydrogens is 309 g/mol. The van der Waals surface area contributed by atoms with Gasteiger partial charge in [0.2, 0.25) is 5.55 Å². The van der Waals surface area contributed by atoms with Gasteiger partial charge in [-0.05, 0) is 25.1 Å². The van der Waals surface area contributed by atoms with Gasteiger partial charge in [0.25, 0.3) is 0 Å². The minimum Gasteiger partial charge on any atom is -0.506 e. The van der Waals surface area contributed by atoms with E-state index >= 15 is 0 Å². The molecule has 1 aromatic heterocycles. The first-order valence-corrected chi connectivity index (χ1v) is 6.49. The molecule has 0 aliphatic heterocycles. The number of benzene rings is 2. The molecule has 116 valence electrons. The maximum absolute atomic E-state index is 13.2. The van der Waals surface area contributed by atoms with E-state index in [0.717, 1.165) is 11.6 Å². The van der Waals surface area contributed by atoms with Gasteiger partial charge in [0.1, 0.15) is 23.0 Å². The van der Waals surface area contributed by atoms with Crippen LogP contribution in [0, 0.1) is 23.7 Å². The van der Waals surface area contributed by atoms with Crippen molar-refractivity contribution in [1.82, 2.24) is 0 Å². The van der Waals surface area contributed by atoms with Gasteiger partial charge in [-0.2, -0.15) is 18.4 Å². The average molecular weight is 318 g/mol. The number of nitriles is 1. The second-order valence-electron chi connectivity index (χ2n) is 5.11. The first-order chi connectivity index (χ1) is 10.7. The van der Waals surface area contributed by atoms with E-state index in [4.69, 9.17) is 15.1 Å². The maximum Gasteiger partial charge on any atom is 0.417 e. The van der Waals surface area contributed by atoms with E-state index in [1.165, 1.54) is 6.07 Å². The lowest BCUT2D eigenvalue weighted by molar-refractivity contribution is -0.137. The number of nitrogens with zero attached hydrogens (tertiary/aromatic N) is 1. The van der Waals surface area contributed by atoms with E-state index < -0.39 is 28.6 Å². The Hall–Kier alpha value is -3.01. The number of aromatic hydroxyl groups is 1. The number of rotatable bonds is 0. The fourth-order valence-corrected chi connectivity index (χ4v) is 2.55. The van der Waals surface area contributed by atoms with Crippen molar-refractivity contribution in [1.29, 1.82) is 10.7 Å². The Bertz CT molecular complexity index is 1060. The first-order valence-electron chi connectivity index (χ1n) is 6.49. The van der Waals surface area contributed by atoms with Crippen LogP contribution in [0.1, 0.15) is 16.7 Å². The number of hydrogen-bond donors (Lipinski definition) is 2. The maximum atomic E-state index is 13.2. The molecule has 0 amide bonds. The summed E-state index contributed by atoms with van der Waals surface area (Å²) >= 11 is 0. The number of fused-ring (bicyclic) bond motifs is 3. The third-order valence-electron chi connectivity index (χ3n) is 3.58. The molecule has 0 fully saturated rings. The highest BCUT2D eigenvalue weighted by molar-refractivity contribution is 6.07. The molecule has 0 aliphatic rings. The molecule has 3 aromatic rings. The molecule has 0 spiro atoms. The van der Waals surface area contributed by atoms with Crippen LogP contribution in [0.5, 0.6) is 5.75 Å². The molecule has 0 aliphatic carbocycles. The molecule has 2 aromatic carbocycles. The predicted molar refractivity (Wildman–Crippen MR) is 75.7 cm³/mol. The van der Waals surface area contributed by atoms with Crippen LogP contribution in [-0.2, 0) is 6.18 Å². The van der Waals surface area contributed by atoms with Crippen LogP contribution >= 0.6 is 0 Å². The van der Waals surface area contributed by atoms with E-state index in [2.05, 4.69) is 0 Å². The summed E-state index contributed by atoms with van der Waals surface area (Å²) in [6, 6.07) is 6.98. The number of phenolic OH excluding ortho intramolecular Hbond substituents is 1. The van der Waals surface area contributed by atoms with Crippen LogP contribution < -0.4 is 5.55 Å². The normalized spacial score (nSPS) is 11.8. The van der Waals surface area contributed by atoms with E-state index in [1.807, 2.05) is 0 Å². The lowest BCUT2D eigenvalue weighted by Crippen LogP contribution is -2.10. The van der Waals surface area contributed by atoms with Crippen LogP contribution in [0.3, 0.4) is 0 Å². The molecule has 3 rings (SSSR count). The molecule has 0 radical (unpaired) electrons. The van der Waals surface area contributed by atoms with Gasteiger partial charge in [-0.1, -0.05) is 11.6 Å². The number of nitrogens with one attached hydrogen (secondary N) is 1. The third-order valence-corrected chi connectivity index (χ3v) is 3.58. The number of hydrogen-bond acceptors (Lipinski definition) is 4. The van der Waals surface area contributed by atoms with E-state index in [-0.39, 0.29) is 16.4 Å². The summed E-state index contributed by atoms with van der Waals surface area (Å²) in [5.41, 5.74) is -1.65. The van der Waals surface area contributed by atoms with Crippen LogP contribution in [0.2, 0.25) is 0 Å². The summed E-state index contributed by atoms with van der Waals surface area (Å²) < 4.78 is 44.8. The lowest BCUT2D eigenvalue weighted by Gasteiger charge is -2.13. The summed E-state index contributed by atoms with van der Waals surface area (Å²) in [5.74, 6) is -0.894. The van der Waals surface area contributed by atoms with Crippen molar-refractivity contribution in [3.05, 3.63) is 46.5 Å². The molecule has 23 heavy (non-hydrogen) atoms. The minimum absolute atomic E-state index is 0.0174. The Balaban J connectivity index is 2.65. The van der Waals surface area contributed by atoms with Gasteiger partial charge in [-0.3, -0.25) is 5.41 Å². The van der Waals surface area contributed by atoms with Crippen molar-refractivity contribution >= 4 is 21.7 Å². The van der Waals surface area contributed by atoms with Gasteiger partial charge < -0.3 is 9.52 Å². The Kier molecular flexibility index (Phi) is 3.08. The molecule has 0 saturated heterocycles. The quantitative estimate of drug-likeness (QED) is 0.615. The van der Waals surface area contributed by atoms with E-state index in [1.54, 1.807) is 25.1 Å². The zero-order valence-electron chi connectivity index (χ0n) is 11.7. The molecule has 0 unspecified atom stereocenters. The molecule has 0 atom stereocenters. The highest BCUT2D eigenvalue weighted by Crippen LogP contribution is 2.40. The molecule has 2 N–H and O–H groups in total. The zero-order chi connectivity index (χ0) is 16.9. The van der Waals surface area contributed by atoms with Gasteiger partial charge in [-0.15, -0.1) is 0 Å². The number of halogens is 3. The SMILES string of the molecule is Cc1ccc2oc(=N)c3c(O)c(C#N)c(C(F)(F)F)cc3c2c1. The van der Waals surface area contributed by atoms with Crippen molar-refractivity contribution < 1.29 is 22.7 Å². The fourth-order valence-electron chi connectivity index (χ4n) is 2.55. The standard InChI is InChI=1S/C16H9F3N2O2/c1-7-2-3-12-8(4-7)9-5-11(16(17,18)19)10(6-20)14(22)13(9)15(21)23-12/h2-5,21-22H,1H3. The summed E-state index contributed by atoms with van der Waals surface area (Å²) in [6.45, 7) is 1.76. The topological polar surface area (TPSA) is 81.0 Å². The van der Waals surface area contributed by atoms with Crippen molar-refractivity contribution in [2.24, 2.45) is 0 Å². The van der Waals surface area contributed by atoms with Gasteiger partial charge in [0.15, 0.2) is 0 Å². The summed E-state index contributed by atoms with van der Waals surface area (Å²) in [6.07, 6.45) is -4.80. The van der Waals surface area contributed by atoms with Gasteiger partial charge in [-0.25, -0.2) is 0 Å². The number of alkyl halides is 3. The van der Waals surface area contributed by atoms with E-state index in [9.17, 15) is 18.3 Å². The summed E-state index contributed by atoms with van der Waals surface area (Å²) in [4.78, 5) is 0. The first kappa shape index (κ1) is 14.9. The van der Waals surface area contributed by atoms with Crippen molar-refractivity contribution in [3.63, 3.8) is 0 Å². The second kappa shape index (κ2) is 4.74. The number of phenols is 1. The largest absolute Gasteiger partial charge is 0.506 e. The van der Waals surface area contributed by atoms with Crippen molar-refractivity contribution in [2.45, 2.75) is 13.1 Å². The van der Waals surface area contributed by atoms with Gasteiger partial charge >= 0.3 is 6.18 Å². The van der Waals surface area contributed by atoms with Gasteiger partial charge in [0.05, 0.1) is 10.9 Å². The average Bonchev–Trinajstić information content (AvgIpc) is 2.46. The van der Waals surface area contributed by atoms with E-state index in [0.29, 0.717) is 5.39 Å². The highest BCUT2D eigenvalue weighted by atomic mass is 19.4. The van der Waals surface area contributed by atoms with Crippen molar-refractivity contribution in [2.75, 3.05) is 0 Å². The Morgan fingerprint density at radius 3 is 2.52 bits per heavy atom. The monoisotopic (exact) mass is 318 g/mol. The lowest BCUT2D eigenvalue weighted by atomic mass is 9.97. The molecular formula is C16H9F3N2O2. The zero-order valence-corrected chi connectivity index (χ0v) is 11.7. The number of aryl methyl sites for hydroxylation is 1. The Morgan fingerprint density at radius 2 is 1.91 bits per heavy atom. The Morgan fingerprint density at radius 1 is 1.22 bits per heavy atom. The molecule has 1 heterocycles. The van der Waals surface area contributed by atoms with Gasteiger partial charge in [0, 0.05) is 10.8 Å². The molecule has 0 saturated carbocycles. The third kappa shape index (κ3) is 2.19. The fraction of sp³-hybridized carbons (Fsp3) is 0.125. The Labute approximate surface area is 127 Å². The molecule has 4 nitrogen and oxygen atoms in total. The van der Waals surface area contributed by atoms with Crippen molar-refractivity contribution in [3.8, 4) is 11.8 Å². The highest BCUT2D eigenvalue weighted by Gasteiger charge is 2.36. The molecule has 7 heteroatoms. The summed E-state index contributed by atoms with van der Waals surface area (Å²) in [7, 11) is 0. The van der Waals surface area contributed by atoms with Crippen LogP contribution in [-0.4, -0.2) is 5.11 Å². The molecule has 0 bridgehead atoms. The predicted octanol–water partition coefficient (Wildman–Crippen LogP) is 3.97. The summed E-state index contributed by atoms with van der Waals surface area (Å²) in [5, 5.41) is 27.0. The van der Waals surface area contributed by atoms with Crippen LogP contribution in [0.15, 0.2) is 28.7 Å². The minimum atomic E-state index is -4.80. The van der Waals surface area contributed by atoms with Crippen LogP contribution in [0.4, 0.5) is 13.2 Å². The smallest absolute Gasteiger partial charge is 0.417 e.